The zero-order chi connectivity index (χ0) is 14.4. The van der Waals surface area contributed by atoms with Crippen LogP contribution in [0.1, 0.15) is 26.7 Å². The number of halogens is 4. The molecule has 0 radical (unpaired) electrons. The van der Waals surface area contributed by atoms with Gasteiger partial charge in [0.05, 0.1) is 12.0 Å². The SMILES string of the molecule is CCC1C(CC(F)(F)F)[Si]1(C)OC(C)(I)[SiH](C)C. The van der Waals surface area contributed by atoms with Crippen LogP contribution in [0.5, 0.6) is 0 Å². The summed E-state index contributed by atoms with van der Waals surface area (Å²) in [5, 5.41) is 0. The largest absolute Gasteiger partial charge is 0.406 e. The second-order valence-electron chi connectivity index (χ2n) is 5.87. The number of rotatable bonds is 5. The third kappa shape index (κ3) is 3.72. The van der Waals surface area contributed by atoms with Crippen molar-refractivity contribution in [2.24, 2.45) is 0 Å². The van der Waals surface area contributed by atoms with E-state index in [1.165, 1.54) is 0 Å². The molecule has 1 heterocycles. The number of alkyl halides is 4. The Kier molecular flexibility index (Phi) is 5.05. The maximum Gasteiger partial charge on any atom is 0.389 e. The summed E-state index contributed by atoms with van der Waals surface area (Å²) in [6.07, 6.45) is -3.89. The van der Waals surface area contributed by atoms with Gasteiger partial charge in [-0.1, -0.05) is 49.0 Å². The van der Waals surface area contributed by atoms with Crippen LogP contribution in [0.4, 0.5) is 13.2 Å². The Balaban J connectivity index is 2.75. The lowest BCUT2D eigenvalue weighted by Gasteiger charge is -2.31. The molecule has 0 aromatic rings. The molecular weight excluding hydrogens is 388 g/mol. The summed E-state index contributed by atoms with van der Waals surface area (Å²) < 4.78 is 43.7. The first kappa shape index (κ1) is 17.0. The van der Waals surface area contributed by atoms with E-state index in [9.17, 15) is 13.2 Å². The van der Waals surface area contributed by atoms with Crippen LogP contribution >= 0.6 is 22.6 Å². The molecule has 108 valence electrons. The third-order valence-corrected chi connectivity index (χ3v) is 15.8. The van der Waals surface area contributed by atoms with Crippen LogP contribution in [0.2, 0.25) is 30.7 Å². The number of hydrogen-bond donors (Lipinski definition) is 0. The van der Waals surface area contributed by atoms with Crippen molar-refractivity contribution in [3.05, 3.63) is 0 Å². The molecule has 0 aromatic heterocycles. The lowest BCUT2D eigenvalue weighted by atomic mass is 10.2. The topological polar surface area (TPSA) is 9.23 Å². The molecular formula is C11H22F3IOSi2. The summed E-state index contributed by atoms with van der Waals surface area (Å²) >= 11 is 2.30. The van der Waals surface area contributed by atoms with Crippen molar-refractivity contribution in [1.29, 1.82) is 0 Å². The fourth-order valence-electron chi connectivity index (χ4n) is 2.65. The lowest BCUT2D eigenvalue weighted by molar-refractivity contribution is -0.133. The Morgan fingerprint density at radius 2 is 1.78 bits per heavy atom. The summed E-state index contributed by atoms with van der Waals surface area (Å²) in [7, 11) is -3.21. The Morgan fingerprint density at radius 1 is 1.28 bits per heavy atom. The first-order valence-electron chi connectivity index (χ1n) is 6.40. The van der Waals surface area contributed by atoms with Gasteiger partial charge >= 0.3 is 6.18 Å². The van der Waals surface area contributed by atoms with Gasteiger partial charge in [0.2, 0.25) is 0 Å². The molecule has 0 aliphatic carbocycles. The Hall–Kier alpha value is 0.914. The van der Waals surface area contributed by atoms with E-state index in [1.807, 2.05) is 20.4 Å². The van der Waals surface area contributed by atoms with Crippen molar-refractivity contribution in [3.63, 3.8) is 0 Å². The molecule has 0 saturated carbocycles. The molecule has 1 aliphatic rings. The van der Waals surface area contributed by atoms with Gasteiger partial charge in [-0.05, 0) is 24.6 Å². The second-order valence-corrected chi connectivity index (χ2v) is 16.7. The molecule has 4 unspecified atom stereocenters. The maximum absolute atomic E-state index is 12.6. The smallest absolute Gasteiger partial charge is 0.389 e. The molecule has 18 heavy (non-hydrogen) atoms. The molecule has 1 saturated heterocycles. The Bertz CT molecular complexity index is 309. The van der Waals surface area contributed by atoms with Crippen molar-refractivity contribution in [2.45, 2.75) is 66.8 Å². The minimum atomic E-state index is -4.05. The highest BCUT2D eigenvalue weighted by molar-refractivity contribution is 14.1. The van der Waals surface area contributed by atoms with Crippen molar-refractivity contribution in [3.8, 4) is 0 Å². The van der Waals surface area contributed by atoms with Crippen LogP contribution < -0.4 is 0 Å². The summed E-state index contributed by atoms with van der Waals surface area (Å²) in [5.74, 6) is 0. The standard InChI is InChI=1S/C11H22F3IOSi2/c1-6-8-9(7-11(12,13)14)18(8,5)16-10(2,15)17(3)4/h8-9,17H,6-7H2,1-5H3. The van der Waals surface area contributed by atoms with E-state index >= 15 is 0 Å². The van der Waals surface area contributed by atoms with Gasteiger partial charge in [0, 0.05) is 6.42 Å². The number of hydrogen-bond acceptors (Lipinski definition) is 1. The van der Waals surface area contributed by atoms with Gasteiger partial charge in [-0.25, -0.2) is 0 Å². The molecule has 1 fully saturated rings. The van der Waals surface area contributed by atoms with Crippen LogP contribution in [0, 0.1) is 0 Å². The van der Waals surface area contributed by atoms with E-state index in [0.717, 1.165) is 6.42 Å². The molecule has 1 aliphatic heterocycles. The summed E-state index contributed by atoms with van der Waals surface area (Å²) in [4.78, 5) is 0. The van der Waals surface area contributed by atoms with E-state index in [1.54, 1.807) is 0 Å². The molecule has 0 aromatic carbocycles. The van der Waals surface area contributed by atoms with Gasteiger partial charge in [-0.3, -0.25) is 0 Å². The molecule has 4 atom stereocenters. The zero-order valence-electron chi connectivity index (χ0n) is 11.6. The van der Waals surface area contributed by atoms with Gasteiger partial charge in [0.15, 0.2) is 8.32 Å². The van der Waals surface area contributed by atoms with E-state index < -0.39 is 29.7 Å². The summed E-state index contributed by atoms with van der Waals surface area (Å²) in [6, 6.07) is 0. The van der Waals surface area contributed by atoms with Gasteiger partial charge in [0.1, 0.15) is 0 Å². The van der Waals surface area contributed by atoms with E-state index in [2.05, 4.69) is 35.7 Å². The fourth-order valence-corrected chi connectivity index (χ4v) is 10.8. The average Bonchev–Trinajstić information content (AvgIpc) is 2.65. The predicted octanol–water partition coefficient (Wildman–Crippen LogP) is 4.87. The van der Waals surface area contributed by atoms with Crippen LogP contribution in [0.15, 0.2) is 0 Å². The Morgan fingerprint density at radius 3 is 2.11 bits per heavy atom. The molecule has 0 N–H and O–H groups in total. The fraction of sp³-hybridized carbons (Fsp3) is 1.00. The highest BCUT2D eigenvalue weighted by atomic mass is 127. The predicted molar refractivity (Wildman–Crippen MR) is 82.5 cm³/mol. The monoisotopic (exact) mass is 410 g/mol. The van der Waals surface area contributed by atoms with Crippen LogP contribution in [-0.4, -0.2) is 26.5 Å². The van der Waals surface area contributed by atoms with E-state index in [4.69, 9.17) is 4.43 Å². The van der Waals surface area contributed by atoms with Gasteiger partial charge in [0.25, 0.3) is 0 Å². The quantitative estimate of drug-likeness (QED) is 0.357. The lowest BCUT2D eigenvalue weighted by Crippen LogP contribution is -2.42. The minimum absolute atomic E-state index is 0.181. The van der Waals surface area contributed by atoms with Crippen molar-refractivity contribution >= 4 is 39.7 Å². The van der Waals surface area contributed by atoms with E-state index in [-0.39, 0.29) is 14.3 Å². The van der Waals surface area contributed by atoms with Crippen molar-refractivity contribution < 1.29 is 17.6 Å². The van der Waals surface area contributed by atoms with Gasteiger partial charge in [-0.15, -0.1) is 0 Å². The maximum atomic E-state index is 12.6. The molecule has 0 bridgehead atoms. The van der Waals surface area contributed by atoms with Gasteiger partial charge in [-0.2, -0.15) is 13.2 Å². The molecule has 7 heteroatoms. The normalized spacial score (nSPS) is 35.7. The second kappa shape index (κ2) is 5.36. The van der Waals surface area contributed by atoms with E-state index in [0.29, 0.717) is 0 Å². The Labute approximate surface area is 124 Å². The van der Waals surface area contributed by atoms with Crippen LogP contribution in [0.25, 0.3) is 0 Å². The van der Waals surface area contributed by atoms with Crippen LogP contribution in [0.3, 0.4) is 0 Å². The van der Waals surface area contributed by atoms with Crippen LogP contribution in [-0.2, 0) is 4.43 Å². The van der Waals surface area contributed by atoms with Crippen molar-refractivity contribution in [1.82, 2.24) is 0 Å². The highest BCUT2D eigenvalue weighted by Crippen LogP contribution is 2.66. The highest BCUT2D eigenvalue weighted by Gasteiger charge is 2.68. The molecule has 1 rings (SSSR count). The summed E-state index contributed by atoms with van der Waals surface area (Å²) in [5.41, 5.74) is -0.0506. The van der Waals surface area contributed by atoms with Gasteiger partial charge < -0.3 is 4.43 Å². The molecule has 0 amide bonds. The summed E-state index contributed by atoms with van der Waals surface area (Å²) in [6.45, 7) is 10.4. The molecule has 1 nitrogen and oxygen atoms in total. The third-order valence-electron chi connectivity index (χ3n) is 4.19. The molecule has 0 spiro atoms. The average molecular weight is 410 g/mol. The minimum Gasteiger partial charge on any atom is -0.406 e. The first-order valence-corrected chi connectivity index (χ1v) is 12.9. The first-order chi connectivity index (χ1) is 7.94. The van der Waals surface area contributed by atoms with Crippen molar-refractivity contribution in [2.75, 3.05) is 0 Å². The zero-order valence-corrected chi connectivity index (χ0v) is 15.9.